The van der Waals surface area contributed by atoms with Crippen molar-refractivity contribution in [3.05, 3.63) is 67.6 Å². The first-order valence-electron chi connectivity index (χ1n) is 8.26. The summed E-state index contributed by atoms with van der Waals surface area (Å²) in [5, 5.41) is 12.8. The number of fused-ring (bicyclic) bond motifs is 1. The van der Waals surface area contributed by atoms with Crippen molar-refractivity contribution in [2.75, 3.05) is 6.79 Å². The normalized spacial score (nSPS) is 16.3. The molecule has 1 N–H and O–H groups in total. The van der Waals surface area contributed by atoms with Gasteiger partial charge in [-0.25, -0.2) is 0 Å². The van der Waals surface area contributed by atoms with E-state index < -0.39 is 16.7 Å². The molecule has 0 atom stereocenters. The Morgan fingerprint density at radius 1 is 1.27 bits per heavy atom. The summed E-state index contributed by atoms with van der Waals surface area (Å²) in [6, 6.07) is 8.73. The Morgan fingerprint density at radius 3 is 2.60 bits per heavy atom. The predicted octanol–water partition coefficient (Wildman–Crippen LogP) is 3.52. The van der Waals surface area contributed by atoms with Gasteiger partial charge in [0, 0.05) is 10.6 Å². The fourth-order valence-electron chi connectivity index (χ4n) is 2.69. The number of amides is 2. The highest BCUT2D eigenvalue weighted by Gasteiger charge is 2.35. The van der Waals surface area contributed by atoms with E-state index in [0.717, 1.165) is 16.8 Å². The number of nitrogens with zero attached hydrogens (tertiary/aromatic N) is 2. The molecule has 1 saturated heterocycles. The Labute approximate surface area is 183 Å². The second-order valence-corrected chi connectivity index (χ2v) is 8.10. The highest BCUT2D eigenvalue weighted by atomic mass is 35.5. The summed E-state index contributed by atoms with van der Waals surface area (Å²) in [4.78, 5) is 36.1. The van der Waals surface area contributed by atoms with E-state index in [1.54, 1.807) is 12.1 Å². The lowest BCUT2D eigenvalue weighted by atomic mass is 10.1. The van der Waals surface area contributed by atoms with Gasteiger partial charge in [-0.15, -0.1) is 0 Å². The van der Waals surface area contributed by atoms with Gasteiger partial charge in [-0.2, -0.15) is 5.01 Å². The summed E-state index contributed by atoms with van der Waals surface area (Å²) < 4.78 is 10.5. The maximum atomic E-state index is 12.7. The van der Waals surface area contributed by atoms with Crippen LogP contribution >= 0.6 is 35.6 Å². The van der Waals surface area contributed by atoms with Crippen molar-refractivity contribution < 1.29 is 24.0 Å². The van der Waals surface area contributed by atoms with Gasteiger partial charge in [0.2, 0.25) is 6.79 Å². The van der Waals surface area contributed by atoms with Crippen molar-refractivity contribution in [1.29, 1.82) is 0 Å². The summed E-state index contributed by atoms with van der Waals surface area (Å²) in [5.74, 6) is -0.586. The number of carbonyl (C=O) groups excluding carboxylic acids is 2. The summed E-state index contributed by atoms with van der Waals surface area (Å²) in [6.45, 7) is -0.0468. The zero-order chi connectivity index (χ0) is 21.4. The Hall–Kier alpha value is -3.15. The van der Waals surface area contributed by atoms with Gasteiger partial charge >= 0.3 is 0 Å². The Balaban J connectivity index is 1.60. The Kier molecular flexibility index (Phi) is 5.33. The molecule has 0 aliphatic carbocycles. The van der Waals surface area contributed by atoms with Gasteiger partial charge in [-0.3, -0.25) is 25.1 Å². The zero-order valence-corrected chi connectivity index (χ0v) is 17.2. The molecule has 12 heteroatoms. The summed E-state index contributed by atoms with van der Waals surface area (Å²) >= 11 is 11.9. The van der Waals surface area contributed by atoms with Gasteiger partial charge < -0.3 is 9.47 Å². The quantitative estimate of drug-likeness (QED) is 0.317. The third-order valence-corrected chi connectivity index (χ3v) is 5.67. The lowest BCUT2D eigenvalue weighted by molar-refractivity contribution is -0.385. The van der Waals surface area contributed by atoms with Crippen molar-refractivity contribution in [3.8, 4) is 11.5 Å². The molecule has 2 heterocycles. The minimum Gasteiger partial charge on any atom is -0.454 e. The molecular formula is C18H10ClN3O6S2. The van der Waals surface area contributed by atoms with Crippen molar-refractivity contribution in [1.82, 2.24) is 10.4 Å². The maximum Gasteiger partial charge on any atom is 0.285 e. The molecule has 0 aromatic heterocycles. The second-order valence-electron chi connectivity index (χ2n) is 5.99. The van der Waals surface area contributed by atoms with Gasteiger partial charge in [0.05, 0.1) is 21.5 Å². The van der Waals surface area contributed by atoms with E-state index in [1.165, 1.54) is 30.3 Å². The first-order valence-corrected chi connectivity index (χ1v) is 9.86. The molecule has 2 aromatic carbocycles. The highest BCUT2D eigenvalue weighted by molar-refractivity contribution is 8.26. The van der Waals surface area contributed by atoms with E-state index in [4.69, 9.17) is 33.3 Å². The van der Waals surface area contributed by atoms with Crippen molar-refractivity contribution in [3.63, 3.8) is 0 Å². The number of thiocarbonyl (C=S) groups is 1. The first kappa shape index (κ1) is 20.1. The number of rotatable bonds is 4. The topological polar surface area (TPSA) is 111 Å². The van der Waals surface area contributed by atoms with E-state index in [1.807, 2.05) is 0 Å². The molecule has 0 unspecified atom stereocenters. The van der Waals surface area contributed by atoms with Crippen LogP contribution in [0.1, 0.15) is 15.9 Å². The highest BCUT2D eigenvalue weighted by Crippen LogP contribution is 2.40. The summed E-state index contributed by atoms with van der Waals surface area (Å²) in [5.41, 5.74) is 2.60. The lowest BCUT2D eigenvalue weighted by Gasteiger charge is -2.15. The Bertz CT molecular complexity index is 1140. The molecule has 30 heavy (non-hydrogen) atoms. The average molecular weight is 464 g/mol. The molecule has 0 bridgehead atoms. The van der Waals surface area contributed by atoms with Gasteiger partial charge in [0.25, 0.3) is 17.5 Å². The molecule has 2 aliphatic rings. The van der Waals surface area contributed by atoms with Gasteiger partial charge in [0.1, 0.15) is 0 Å². The number of halogens is 1. The molecule has 2 amide bonds. The smallest absolute Gasteiger partial charge is 0.285 e. The van der Waals surface area contributed by atoms with Gasteiger partial charge in [-0.05, 0) is 48.6 Å². The molecular weight excluding hydrogens is 454 g/mol. The Morgan fingerprint density at radius 2 is 1.93 bits per heavy atom. The molecule has 0 radical (unpaired) electrons. The van der Waals surface area contributed by atoms with Crippen LogP contribution in [-0.2, 0) is 4.79 Å². The van der Waals surface area contributed by atoms with Crippen molar-refractivity contribution in [2.45, 2.75) is 0 Å². The molecule has 2 aromatic rings. The third kappa shape index (κ3) is 3.82. The minimum absolute atomic E-state index is 0.0468. The molecule has 1 fully saturated rings. The molecule has 9 nitrogen and oxygen atoms in total. The van der Waals surface area contributed by atoms with Crippen LogP contribution in [0.3, 0.4) is 0 Å². The number of hydrogen-bond donors (Lipinski definition) is 1. The SMILES string of the molecule is O=C(NN1C(=O)/C(=C/c2cc3c(cc2[N+](=O)[O-])OCO3)SC1=S)c1ccc(Cl)cc1. The first-order chi connectivity index (χ1) is 14.3. The molecule has 0 saturated carbocycles. The number of ether oxygens (including phenoxy) is 2. The van der Waals surface area contributed by atoms with Crippen LogP contribution in [0.2, 0.25) is 5.02 Å². The number of hydrogen-bond acceptors (Lipinski definition) is 8. The summed E-state index contributed by atoms with van der Waals surface area (Å²) in [7, 11) is 0. The van der Waals surface area contributed by atoms with Crippen LogP contribution < -0.4 is 14.9 Å². The average Bonchev–Trinajstić information content (AvgIpc) is 3.27. The van der Waals surface area contributed by atoms with Crippen LogP contribution in [0, 0.1) is 10.1 Å². The van der Waals surface area contributed by atoms with E-state index in [-0.39, 0.29) is 38.6 Å². The van der Waals surface area contributed by atoms with Crippen LogP contribution in [-0.4, -0.2) is 32.9 Å². The van der Waals surface area contributed by atoms with Crippen LogP contribution in [0.4, 0.5) is 5.69 Å². The number of carbonyl (C=O) groups is 2. The number of nitro groups is 1. The fourth-order valence-corrected chi connectivity index (χ4v) is 3.99. The van der Waals surface area contributed by atoms with Crippen molar-refractivity contribution in [2.24, 2.45) is 0 Å². The van der Waals surface area contributed by atoms with Crippen LogP contribution in [0.15, 0.2) is 41.3 Å². The third-order valence-electron chi connectivity index (χ3n) is 4.12. The maximum absolute atomic E-state index is 12.7. The van der Waals surface area contributed by atoms with Crippen LogP contribution in [0.5, 0.6) is 11.5 Å². The number of benzene rings is 2. The molecule has 0 spiro atoms. The van der Waals surface area contributed by atoms with E-state index >= 15 is 0 Å². The summed E-state index contributed by atoms with van der Waals surface area (Å²) in [6.07, 6.45) is 1.33. The van der Waals surface area contributed by atoms with E-state index in [2.05, 4.69) is 5.43 Å². The molecule has 4 rings (SSSR count). The van der Waals surface area contributed by atoms with E-state index in [0.29, 0.717) is 10.8 Å². The number of hydrazine groups is 1. The fraction of sp³-hybridized carbons (Fsp3) is 0.0556. The number of nitrogens with one attached hydrogen (secondary N) is 1. The second kappa shape index (κ2) is 7.94. The predicted molar refractivity (Wildman–Crippen MR) is 113 cm³/mol. The largest absolute Gasteiger partial charge is 0.454 e. The molecule has 2 aliphatic heterocycles. The minimum atomic E-state index is -0.612. The number of thioether (sulfide) groups is 1. The molecule has 152 valence electrons. The zero-order valence-electron chi connectivity index (χ0n) is 14.8. The van der Waals surface area contributed by atoms with Gasteiger partial charge in [0.15, 0.2) is 15.8 Å². The number of nitro benzene ring substituents is 1. The van der Waals surface area contributed by atoms with Crippen LogP contribution in [0.25, 0.3) is 6.08 Å². The van der Waals surface area contributed by atoms with Crippen molar-refractivity contribution >= 4 is 63.5 Å². The lowest BCUT2D eigenvalue weighted by Crippen LogP contribution is -2.44. The van der Waals surface area contributed by atoms with E-state index in [9.17, 15) is 19.7 Å². The standard InChI is InChI=1S/C18H10ClN3O6S2/c19-11-3-1-9(2-4-11)16(23)20-21-17(24)15(30-18(21)29)6-10-5-13-14(28-8-27-13)7-12(10)22(25)26/h1-7H,8H2,(H,20,23)/b15-6-. The monoisotopic (exact) mass is 463 g/mol. The van der Waals surface area contributed by atoms with Gasteiger partial charge in [-0.1, -0.05) is 23.4 Å².